The van der Waals surface area contributed by atoms with Crippen molar-refractivity contribution in [3.63, 3.8) is 0 Å². The van der Waals surface area contributed by atoms with Gasteiger partial charge in [-0.1, -0.05) is 18.2 Å². The molecule has 4 nitrogen and oxygen atoms in total. The van der Waals surface area contributed by atoms with Crippen molar-refractivity contribution in [3.05, 3.63) is 76.9 Å². The Morgan fingerprint density at radius 3 is 2.14 bits per heavy atom. The van der Waals surface area contributed by atoms with Crippen molar-refractivity contribution >= 4 is 27.8 Å². The van der Waals surface area contributed by atoms with Crippen molar-refractivity contribution in [1.29, 1.82) is 0 Å². The highest BCUT2D eigenvalue weighted by atomic mass is 19.2. The van der Waals surface area contributed by atoms with Crippen LogP contribution in [0, 0.1) is 29.1 Å². The number of nitrogens with zero attached hydrogens (tertiary/aromatic N) is 2. The van der Waals surface area contributed by atoms with Crippen molar-refractivity contribution in [2.24, 2.45) is 0 Å². The van der Waals surface area contributed by atoms with Gasteiger partial charge in [-0.3, -0.25) is 0 Å². The van der Waals surface area contributed by atoms with Gasteiger partial charge in [0.25, 0.3) is 0 Å². The predicted molar refractivity (Wildman–Crippen MR) is 89.5 cm³/mol. The zero-order valence-corrected chi connectivity index (χ0v) is 13.8. The summed E-state index contributed by atoms with van der Waals surface area (Å²) in [7, 11) is 0. The molecule has 0 aliphatic carbocycles. The van der Waals surface area contributed by atoms with Crippen LogP contribution in [0.1, 0.15) is 16.1 Å². The number of rotatable bonds is 3. The SMILES string of the molecule is O=C(O)c1cc2c3ccccc3n(Cc3c(F)c(F)c(F)c(F)c3F)c2cn1. The molecule has 9 heteroatoms. The molecule has 2 heterocycles. The van der Waals surface area contributed by atoms with E-state index < -0.39 is 47.2 Å². The topological polar surface area (TPSA) is 55.1 Å². The Morgan fingerprint density at radius 1 is 0.893 bits per heavy atom. The summed E-state index contributed by atoms with van der Waals surface area (Å²) in [6.45, 7) is -0.663. The van der Waals surface area contributed by atoms with Crippen LogP contribution in [0.25, 0.3) is 21.8 Å². The van der Waals surface area contributed by atoms with Crippen LogP contribution in [0.5, 0.6) is 0 Å². The van der Waals surface area contributed by atoms with Gasteiger partial charge in [0.05, 0.1) is 18.3 Å². The molecule has 0 unspecified atom stereocenters. The zero-order chi connectivity index (χ0) is 20.2. The third-order valence-electron chi connectivity index (χ3n) is 4.49. The molecule has 2 aromatic carbocycles. The van der Waals surface area contributed by atoms with Crippen molar-refractivity contribution < 1.29 is 31.9 Å². The van der Waals surface area contributed by atoms with Crippen LogP contribution < -0.4 is 0 Å². The van der Waals surface area contributed by atoms with Gasteiger partial charge < -0.3 is 9.67 Å². The number of hydrogen-bond donors (Lipinski definition) is 1. The number of carbonyl (C=O) groups is 1. The molecule has 0 fully saturated rings. The van der Waals surface area contributed by atoms with Gasteiger partial charge in [0, 0.05) is 21.9 Å². The number of halogens is 5. The summed E-state index contributed by atoms with van der Waals surface area (Å²) < 4.78 is 70.0. The molecule has 0 spiro atoms. The standard InChI is InChI=1S/C19H9F5N2O2/c20-14-10(15(21)17(23)18(24)16(14)22)7-26-12-4-2-1-3-8(12)9-5-11(19(27)28)25-6-13(9)26/h1-6H,7H2,(H,27,28). The first-order valence-corrected chi connectivity index (χ1v) is 7.91. The minimum Gasteiger partial charge on any atom is -0.477 e. The number of hydrogen-bond acceptors (Lipinski definition) is 2. The molecule has 28 heavy (non-hydrogen) atoms. The molecule has 0 atom stereocenters. The molecule has 0 bridgehead atoms. The number of carboxylic acid groups (broad SMARTS) is 1. The van der Waals surface area contributed by atoms with Crippen molar-refractivity contribution in [2.45, 2.75) is 6.54 Å². The Labute approximate surface area is 153 Å². The molecule has 4 aromatic rings. The van der Waals surface area contributed by atoms with E-state index in [1.807, 2.05) is 0 Å². The van der Waals surface area contributed by atoms with E-state index in [0.29, 0.717) is 16.3 Å². The number of pyridine rings is 1. The minimum absolute atomic E-state index is 0.244. The second-order valence-electron chi connectivity index (χ2n) is 6.04. The van der Waals surface area contributed by atoms with E-state index in [-0.39, 0.29) is 11.2 Å². The lowest BCUT2D eigenvalue weighted by atomic mass is 10.1. The van der Waals surface area contributed by atoms with Crippen LogP contribution in [0.4, 0.5) is 22.0 Å². The summed E-state index contributed by atoms with van der Waals surface area (Å²) in [5.41, 5.74) is -0.533. The lowest BCUT2D eigenvalue weighted by Crippen LogP contribution is -2.11. The summed E-state index contributed by atoms with van der Waals surface area (Å²) >= 11 is 0. The van der Waals surface area contributed by atoms with E-state index in [0.717, 1.165) is 0 Å². The van der Waals surface area contributed by atoms with E-state index in [9.17, 15) is 26.7 Å². The number of benzene rings is 2. The average molecular weight is 392 g/mol. The molecular formula is C19H9F5N2O2. The van der Waals surface area contributed by atoms with E-state index in [2.05, 4.69) is 4.98 Å². The summed E-state index contributed by atoms with van der Waals surface area (Å²) in [5, 5.41) is 10.1. The van der Waals surface area contributed by atoms with E-state index in [1.54, 1.807) is 24.3 Å². The lowest BCUT2D eigenvalue weighted by Gasteiger charge is -2.11. The number of aromatic nitrogens is 2. The van der Waals surface area contributed by atoms with Crippen molar-refractivity contribution in [2.75, 3.05) is 0 Å². The molecule has 4 rings (SSSR count). The summed E-state index contributed by atoms with van der Waals surface area (Å²) in [4.78, 5) is 15.0. The zero-order valence-electron chi connectivity index (χ0n) is 13.8. The van der Waals surface area contributed by atoms with Gasteiger partial charge in [0.2, 0.25) is 5.82 Å². The maximum Gasteiger partial charge on any atom is 0.354 e. The van der Waals surface area contributed by atoms with Gasteiger partial charge in [-0.15, -0.1) is 0 Å². The van der Waals surface area contributed by atoms with Crippen LogP contribution in [0.2, 0.25) is 0 Å². The highest BCUT2D eigenvalue weighted by Gasteiger charge is 2.26. The largest absolute Gasteiger partial charge is 0.477 e. The fourth-order valence-electron chi connectivity index (χ4n) is 3.18. The maximum absolute atomic E-state index is 14.1. The normalized spacial score (nSPS) is 11.5. The first-order chi connectivity index (χ1) is 13.3. The molecule has 0 aliphatic rings. The van der Waals surface area contributed by atoms with Crippen molar-refractivity contribution in [3.8, 4) is 0 Å². The molecular weight excluding hydrogens is 383 g/mol. The van der Waals surface area contributed by atoms with Crippen LogP contribution >= 0.6 is 0 Å². The third kappa shape index (κ3) is 2.50. The first kappa shape index (κ1) is 17.9. The van der Waals surface area contributed by atoms with E-state index in [4.69, 9.17) is 5.11 Å². The summed E-state index contributed by atoms with van der Waals surface area (Å²) in [6, 6.07) is 7.82. The van der Waals surface area contributed by atoms with Crippen LogP contribution in [0.15, 0.2) is 36.5 Å². The monoisotopic (exact) mass is 392 g/mol. The van der Waals surface area contributed by atoms with Gasteiger partial charge in [0.1, 0.15) is 5.69 Å². The fraction of sp³-hybridized carbons (Fsp3) is 0.0526. The van der Waals surface area contributed by atoms with Gasteiger partial charge in [-0.05, 0) is 12.1 Å². The molecule has 2 aromatic heterocycles. The molecule has 0 radical (unpaired) electrons. The maximum atomic E-state index is 14.1. The number of fused-ring (bicyclic) bond motifs is 3. The average Bonchev–Trinajstić information content (AvgIpc) is 3.01. The van der Waals surface area contributed by atoms with Gasteiger partial charge in [0.15, 0.2) is 23.3 Å². The van der Waals surface area contributed by atoms with Gasteiger partial charge in [-0.2, -0.15) is 0 Å². The minimum atomic E-state index is -2.23. The van der Waals surface area contributed by atoms with Gasteiger partial charge >= 0.3 is 5.97 Å². The smallest absolute Gasteiger partial charge is 0.354 e. The van der Waals surface area contributed by atoms with E-state index in [1.165, 1.54) is 16.8 Å². The Bertz CT molecular complexity index is 1250. The van der Waals surface area contributed by atoms with Crippen LogP contribution in [0.3, 0.4) is 0 Å². The Balaban J connectivity index is 2.01. The highest BCUT2D eigenvalue weighted by Crippen LogP contribution is 2.31. The molecule has 1 N–H and O–H groups in total. The predicted octanol–water partition coefficient (Wildman–Crippen LogP) is 4.63. The second-order valence-corrected chi connectivity index (χ2v) is 6.04. The van der Waals surface area contributed by atoms with Crippen LogP contribution in [-0.4, -0.2) is 20.6 Å². The summed E-state index contributed by atoms with van der Waals surface area (Å²) in [5.74, 6) is -11.4. The molecule has 0 aliphatic heterocycles. The second kappa shape index (κ2) is 6.29. The number of para-hydroxylation sites is 1. The van der Waals surface area contributed by atoms with Gasteiger partial charge in [-0.25, -0.2) is 31.7 Å². The number of carboxylic acids is 1. The highest BCUT2D eigenvalue weighted by molar-refractivity contribution is 6.09. The molecule has 142 valence electrons. The third-order valence-corrected chi connectivity index (χ3v) is 4.49. The Kier molecular flexibility index (Phi) is 4.02. The van der Waals surface area contributed by atoms with E-state index >= 15 is 0 Å². The van der Waals surface area contributed by atoms with Crippen molar-refractivity contribution in [1.82, 2.24) is 9.55 Å². The first-order valence-electron chi connectivity index (χ1n) is 7.91. The lowest BCUT2D eigenvalue weighted by molar-refractivity contribution is 0.0690. The Morgan fingerprint density at radius 2 is 1.50 bits per heavy atom. The molecule has 0 saturated heterocycles. The number of aromatic carboxylic acids is 1. The molecule has 0 saturated carbocycles. The Hall–Kier alpha value is -3.49. The molecule has 0 amide bonds. The van der Waals surface area contributed by atoms with Crippen LogP contribution in [-0.2, 0) is 6.54 Å². The quantitative estimate of drug-likeness (QED) is 0.314. The summed E-state index contributed by atoms with van der Waals surface area (Å²) in [6.07, 6.45) is 1.19. The fourth-order valence-corrected chi connectivity index (χ4v) is 3.18.